The van der Waals surface area contributed by atoms with Gasteiger partial charge in [0.25, 0.3) is 11.8 Å². The lowest BCUT2D eigenvalue weighted by Gasteiger charge is -2.16. The highest BCUT2D eigenvalue weighted by atomic mass is 16.5. The van der Waals surface area contributed by atoms with E-state index in [1.807, 2.05) is 10.6 Å². The highest BCUT2D eigenvalue weighted by Gasteiger charge is 2.51. The summed E-state index contributed by atoms with van der Waals surface area (Å²) in [5.74, 6) is -4.43. The van der Waals surface area contributed by atoms with Crippen LogP contribution in [0.15, 0.2) is 0 Å². The third-order valence-electron chi connectivity index (χ3n) is 3.47. The van der Waals surface area contributed by atoms with E-state index in [0.717, 1.165) is 0 Å². The minimum atomic E-state index is -1.83. The van der Waals surface area contributed by atoms with Crippen molar-refractivity contribution in [3.8, 4) is 0 Å². The van der Waals surface area contributed by atoms with Gasteiger partial charge >= 0.3 is 11.9 Å². The zero-order chi connectivity index (χ0) is 20.1. The average molecular weight is 372 g/mol. The van der Waals surface area contributed by atoms with Crippen molar-refractivity contribution in [3.63, 3.8) is 0 Å². The van der Waals surface area contributed by atoms with Crippen molar-refractivity contribution in [1.29, 1.82) is 0 Å². The van der Waals surface area contributed by atoms with Crippen LogP contribution in [0.4, 0.5) is 0 Å². The summed E-state index contributed by atoms with van der Waals surface area (Å²) in [6.07, 6.45) is -0.685. The van der Waals surface area contributed by atoms with E-state index in [2.05, 4.69) is 9.47 Å². The number of imide groups is 2. The van der Waals surface area contributed by atoms with Gasteiger partial charge in [-0.3, -0.25) is 29.8 Å². The lowest BCUT2D eigenvalue weighted by Crippen LogP contribution is -2.54. The number of nitrogens with one attached hydrogen (secondary N) is 2. The molecule has 2 atom stereocenters. The predicted octanol–water partition coefficient (Wildman–Crippen LogP) is -3.41. The molecule has 12 heteroatoms. The van der Waals surface area contributed by atoms with Crippen LogP contribution in [-0.4, -0.2) is 59.9 Å². The second kappa shape index (κ2) is 8.01. The van der Waals surface area contributed by atoms with Crippen LogP contribution in [-0.2, 0) is 38.2 Å². The molecule has 0 saturated carbocycles. The first-order valence-electron chi connectivity index (χ1n) is 7.62. The summed E-state index contributed by atoms with van der Waals surface area (Å²) in [7, 11) is 0. The Bertz CT molecular complexity index is 607. The zero-order valence-corrected chi connectivity index (χ0v) is 14.2. The molecule has 0 bridgehead atoms. The first kappa shape index (κ1) is 21.2. The Balaban J connectivity index is 0.000000260. The van der Waals surface area contributed by atoms with Gasteiger partial charge in [-0.25, -0.2) is 9.59 Å². The standard InChI is InChI=1S/2C7H10N2O4/c2*1-2-13-6(12)7(8)3-4(10)9-5(7)11/h2*2-3,8H2,1H3,(H,9,10,11)/t7-;/m1./s1. The number of nitrogens with two attached hydrogens (primary N) is 2. The average Bonchev–Trinajstić information content (AvgIpc) is 2.96. The van der Waals surface area contributed by atoms with Gasteiger partial charge in [-0.05, 0) is 13.8 Å². The Morgan fingerprint density at radius 2 is 1.15 bits per heavy atom. The van der Waals surface area contributed by atoms with E-state index < -0.39 is 46.6 Å². The fourth-order valence-electron chi connectivity index (χ4n) is 2.08. The van der Waals surface area contributed by atoms with E-state index >= 15 is 0 Å². The summed E-state index contributed by atoms with van der Waals surface area (Å²) in [6.45, 7) is 3.43. The summed E-state index contributed by atoms with van der Waals surface area (Å²) in [5, 5.41) is 3.89. The predicted molar refractivity (Wildman–Crippen MR) is 82.6 cm³/mol. The molecule has 2 aliphatic heterocycles. The molecule has 2 heterocycles. The summed E-state index contributed by atoms with van der Waals surface area (Å²) in [5.41, 5.74) is 7.18. The van der Waals surface area contributed by atoms with Gasteiger partial charge in [0.15, 0.2) is 0 Å². The quantitative estimate of drug-likeness (QED) is 0.219. The molecule has 2 fully saturated rings. The molecule has 26 heavy (non-hydrogen) atoms. The van der Waals surface area contributed by atoms with Gasteiger partial charge in [0, 0.05) is 0 Å². The SMILES string of the molecule is CCOC(=O)C1(N)CC(=O)NC1=O.CCOC(=O)[C@@]1(N)CC(=O)NC1=O. The van der Waals surface area contributed by atoms with E-state index in [9.17, 15) is 28.8 Å². The smallest absolute Gasteiger partial charge is 0.336 e. The summed E-state index contributed by atoms with van der Waals surface area (Å²) < 4.78 is 9.14. The van der Waals surface area contributed by atoms with Gasteiger partial charge in [-0.2, -0.15) is 0 Å². The van der Waals surface area contributed by atoms with Crippen LogP contribution in [0.5, 0.6) is 0 Å². The Morgan fingerprint density at radius 3 is 1.35 bits per heavy atom. The van der Waals surface area contributed by atoms with Crippen molar-refractivity contribution in [2.24, 2.45) is 11.5 Å². The summed E-state index contributed by atoms with van der Waals surface area (Å²) in [4.78, 5) is 66.0. The van der Waals surface area contributed by atoms with E-state index in [4.69, 9.17) is 11.5 Å². The minimum Gasteiger partial charge on any atom is -0.464 e. The molecule has 0 spiro atoms. The van der Waals surface area contributed by atoms with Crippen LogP contribution < -0.4 is 22.1 Å². The number of hydrogen-bond donors (Lipinski definition) is 4. The number of carbonyl (C=O) groups excluding carboxylic acids is 6. The highest BCUT2D eigenvalue weighted by Crippen LogP contribution is 2.16. The van der Waals surface area contributed by atoms with Crippen molar-refractivity contribution in [2.45, 2.75) is 37.8 Å². The largest absolute Gasteiger partial charge is 0.464 e. The molecule has 0 aromatic carbocycles. The van der Waals surface area contributed by atoms with Crippen LogP contribution in [0.3, 0.4) is 0 Å². The Labute approximate surface area is 147 Å². The molecule has 2 aliphatic rings. The van der Waals surface area contributed by atoms with E-state index in [1.165, 1.54) is 0 Å². The number of hydrogen-bond acceptors (Lipinski definition) is 10. The molecule has 4 amide bonds. The second-order valence-electron chi connectivity index (χ2n) is 5.49. The van der Waals surface area contributed by atoms with Crippen LogP contribution in [0.1, 0.15) is 26.7 Å². The number of ether oxygens (including phenoxy) is 2. The lowest BCUT2D eigenvalue weighted by atomic mass is 10.00. The number of rotatable bonds is 4. The molecular weight excluding hydrogens is 352 g/mol. The van der Waals surface area contributed by atoms with Crippen molar-refractivity contribution in [2.75, 3.05) is 13.2 Å². The first-order chi connectivity index (χ1) is 12.0. The Kier molecular flexibility index (Phi) is 6.53. The van der Waals surface area contributed by atoms with Gasteiger partial charge in [0.2, 0.25) is 22.9 Å². The van der Waals surface area contributed by atoms with Crippen LogP contribution in [0.2, 0.25) is 0 Å². The second-order valence-corrected chi connectivity index (χ2v) is 5.49. The third kappa shape index (κ3) is 4.21. The topological polar surface area (TPSA) is 197 Å². The monoisotopic (exact) mass is 372 g/mol. The van der Waals surface area contributed by atoms with Gasteiger partial charge in [-0.15, -0.1) is 0 Å². The molecule has 2 rings (SSSR count). The maximum absolute atomic E-state index is 11.2. The fourth-order valence-corrected chi connectivity index (χ4v) is 2.08. The third-order valence-corrected chi connectivity index (χ3v) is 3.47. The summed E-state index contributed by atoms with van der Waals surface area (Å²) in [6, 6.07) is 0. The molecule has 0 radical (unpaired) electrons. The van der Waals surface area contributed by atoms with E-state index in [-0.39, 0.29) is 26.1 Å². The lowest BCUT2D eigenvalue weighted by molar-refractivity contribution is -0.154. The first-order valence-corrected chi connectivity index (χ1v) is 7.62. The molecule has 6 N–H and O–H groups in total. The van der Waals surface area contributed by atoms with Crippen LogP contribution in [0.25, 0.3) is 0 Å². The fraction of sp³-hybridized carbons (Fsp3) is 0.571. The van der Waals surface area contributed by atoms with E-state index in [1.54, 1.807) is 13.8 Å². The Hall–Kier alpha value is -2.86. The molecule has 12 nitrogen and oxygen atoms in total. The van der Waals surface area contributed by atoms with Gasteiger partial charge in [-0.1, -0.05) is 0 Å². The summed E-state index contributed by atoms with van der Waals surface area (Å²) >= 11 is 0. The minimum absolute atomic E-state index is 0.124. The molecule has 0 aliphatic carbocycles. The van der Waals surface area contributed by atoms with Crippen LogP contribution in [0, 0.1) is 0 Å². The molecule has 2 saturated heterocycles. The maximum Gasteiger partial charge on any atom is 0.336 e. The van der Waals surface area contributed by atoms with Crippen molar-refractivity contribution in [1.82, 2.24) is 10.6 Å². The molecule has 0 aromatic heterocycles. The zero-order valence-electron chi connectivity index (χ0n) is 14.2. The van der Waals surface area contributed by atoms with E-state index in [0.29, 0.717) is 0 Å². The van der Waals surface area contributed by atoms with Crippen molar-refractivity contribution >= 4 is 35.6 Å². The van der Waals surface area contributed by atoms with Crippen molar-refractivity contribution < 1.29 is 38.2 Å². The highest BCUT2D eigenvalue weighted by molar-refractivity contribution is 6.20. The molecule has 1 unspecified atom stereocenters. The molecule has 144 valence electrons. The van der Waals surface area contributed by atoms with Crippen LogP contribution >= 0.6 is 0 Å². The van der Waals surface area contributed by atoms with Gasteiger partial charge in [0.05, 0.1) is 26.1 Å². The molecule has 0 aromatic rings. The number of carbonyl (C=O) groups is 6. The van der Waals surface area contributed by atoms with Crippen molar-refractivity contribution in [3.05, 3.63) is 0 Å². The number of amides is 4. The van der Waals surface area contributed by atoms with Gasteiger partial charge < -0.3 is 20.9 Å². The molecular formula is C14H20N4O8. The number of esters is 2. The maximum atomic E-state index is 11.2. The van der Waals surface area contributed by atoms with Gasteiger partial charge in [0.1, 0.15) is 0 Å². The Morgan fingerprint density at radius 1 is 0.846 bits per heavy atom. The normalized spacial score (nSPS) is 27.2.